The monoisotopic (exact) mass is 290 g/mol. The van der Waals surface area contributed by atoms with Crippen LogP contribution in [-0.4, -0.2) is 14.3 Å². The number of nitrogens with two attached hydrogens (primary N) is 1. The maximum absolute atomic E-state index is 12.1. The number of primary sulfonamides is 1. The number of sulfonamides is 1. The van der Waals surface area contributed by atoms with Gasteiger partial charge in [0.25, 0.3) is 5.91 Å². The van der Waals surface area contributed by atoms with Crippen molar-refractivity contribution in [3.05, 3.63) is 59.7 Å². The molecule has 0 bridgehead atoms. The molecular formula is C14H14N2O3S. The number of hydrogen-bond acceptors (Lipinski definition) is 3. The Balaban J connectivity index is 2.29. The molecule has 2 aromatic carbocycles. The van der Waals surface area contributed by atoms with E-state index in [0.29, 0.717) is 5.69 Å². The molecule has 3 N–H and O–H groups in total. The van der Waals surface area contributed by atoms with Crippen LogP contribution in [0.3, 0.4) is 0 Å². The first kappa shape index (κ1) is 14.2. The SMILES string of the molecule is Cc1ccccc1NC(=O)c1cccc(S(N)(=O)=O)c1. The second-order valence-electron chi connectivity index (χ2n) is 4.34. The van der Waals surface area contributed by atoms with Crippen molar-refractivity contribution in [1.82, 2.24) is 0 Å². The Morgan fingerprint density at radius 2 is 1.80 bits per heavy atom. The molecule has 0 heterocycles. The maximum atomic E-state index is 12.1. The molecule has 0 spiro atoms. The number of hydrogen-bond donors (Lipinski definition) is 2. The highest BCUT2D eigenvalue weighted by Gasteiger charge is 2.12. The van der Waals surface area contributed by atoms with Gasteiger partial charge in [-0.15, -0.1) is 0 Å². The van der Waals surface area contributed by atoms with E-state index < -0.39 is 10.0 Å². The molecule has 0 aliphatic carbocycles. The number of para-hydroxylation sites is 1. The van der Waals surface area contributed by atoms with E-state index in [-0.39, 0.29) is 16.4 Å². The molecule has 0 saturated heterocycles. The predicted molar refractivity (Wildman–Crippen MR) is 76.9 cm³/mol. The zero-order valence-corrected chi connectivity index (χ0v) is 11.6. The summed E-state index contributed by atoms with van der Waals surface area (Å²) in [6.07, 6.45) is 0. The van der Waals surface area contributed by atoms with Crippen molar-refractivity contribution < 1.29 is 13.2 Å². The third kappa shape index (κ3) is 3.23. The van der Waals surface area contributed by atoms with Crippen molar-refractivity contribution in [2.45, 2.75) is 11.8 Å². The molecule has 0 aromatic heterocycles. The number of anilines is 1. The second-order valence-corrected chi connectivity index (χ2v) is 5.90. The lowest BCUT2D eigenvalue weighted by molar-refractivity contribution is 0.102. The summed E-state index contributed by atoms with van der Waals surface area (Å²) in [5.41, 5.74) is 1.83. The minimum Gasteiger partial charge on any atom is -0.322 e. The van der Waals surface area contributed by atoms with Crippen LogP contribution < -0.4 is 10.5 Å². The number of carbonyl (C=O) groups excluding carboxylic acids is 1. The third-order valence-electron chi connectivity index (χ3n) is 2.82. The summed E-state index contributed by atoms with van der Waals surface area (Å²) in [6, 6.07) is 12.9. The van der Waals surface area contributed by atoms with Crippen molar-refractivity contribution >= 4 is 21.6 Å². The maximum Gasteiger partial charge on any atom is 0.255 e. The van der Waals surface area contributed by atoms with Gasteiger partial charge in [0, 0.05) is 11.3 Å². The van der Waals surface area contributed by atoms with E-state index in [0.717, 1.165) is 5.56 Å². The van der Waals surface area contributed by atoms with Gasteiger partial charge in [-0.2, -0.15) is 0 Å². The second kappa shape index (κ2) is 5.44. The normalized spacial score (nSPS) is 11.1. The van der Waals surface area contributed by atoms with Crippen LogP contribution in [0.4, 0.5) is 5.69 Å². The smallest absolute Gasteiger partial charge is 0.255 e. The number of carbonyl (C=O) groups is 1. The van der Waals surface area contributed by atoms with E-state index in [4.69, 9.17) is 5.14 Å². The fourth-order valence-electron chi connectivity index (χ4n) is 1.72. The number of amides is 1. The molecule has 0 saturated carbocycles. The summed E-state index contributed by atoms with van der Waals surface area (Å²) in [7, 11) is -3.82. The highest BCUT2D eigenvalue weighted by molar-refractivity contribution is 7.89. The van der Waals surface area contributed by atoms with Gasteiger partial charge in [0.1, 0.15) is 0 Å². The first-order valence-corrected chi connectivity index (χ1v) is 7.42. The van der Waals surface area contributed by atoms with E-state index in [1.54, 1.807) is 6.07 Å². The largest absolute Gasteiger partial charge is 0.322 e. The average molecular weight is 290 g/mol. The van der Waals surface area contributed by atoms with Crippen molar-refractivity contribution in [2.24, 2.45) is 5.14 Å². The highest BCUT2D eigenvalue weighted by atomic mass is 32.2. The Morgan fingerprint density at radius 1 is 1.10 bits per heavy atom. The molecule has 0 aliphatic rings. The Labute approximate surface area is 117 Å². The lowest BCUT2D eigenvalue weighted by Crippen LogP contribution is -2.16. The Hall–Kier alpha value is -2.18. The van der Waals surface area contributed by atoms with Crippen LogP contribution in [0, 0.1) is 6.92 Å². The molecule has 0 radical (unpaired) electrons. The van der Waals surface area contributed by atoms with Crippen LogP contribution in [0.15, 0.2) is 53.4 Å². The zero-order chi connectivity index (χ0) is 14.8. The molecule has 0 atom stereocenters. The minimum atomic E-state index is -3.82. The van der Waals surface area contributed by atoms with Gasteiger partial charge in [-0.3, -0.25) is 4.79 Å². The van der Waals surface area contributed by atoms with Gasteiger partial charge in [-0.1, -0.05) is 24.3 Å². The summed E-state index contributed by atoms with van der Waals surface area (Å²) in [5.74, 6) is -0.384. The van der Waals surface area contributed by atoms with E-state index in [1.165, 1.54) is 24.3 Å². The first-order chi connectivity index (χ1) is 9.38. The van der Waals surface area contributed by atoms with Gasteiger partial charge in [-0.25, -0.2) is 13.6 Å². The topological polar surface area (TPSA) is 89.3 Å². The van der Waals surface area contributed by atoms with Crippen molar-refractivity contribution in [3.63, 3.8) is 0 Å². The molecule has 0 fully saturated rings. The summed E-state index contributed by atoms with van der Waals surface area (Å²) < 4.78 is 22.5. The van der Waals surface area contributed by atoms with E-state index in [1.807, 2.05) is 25.1 Å². The summed E-state index contributed by atoms with van der Waals surface area (Å²) in [5, 5.41) is 7.77. The molecule has 20 heavy (non-hydrogen) atoms. The minimum absolute atomic E-state index is 0.0880. The molecule has 2 aromatic rings. The molecule has 6 heteroatoms. The Bertz CT molecular complexity index is 755. The quantitative estimate of drug-likeness (QED) is 0.904. The Morgan fingerprint density at radius 3 is 2.45 bits per heavy atom. The van der Waals surface area contributed by atoms with Gasteiger partial charge in [0.05, 0.1) is 4.90 Å². The molecule has 5 nitrogen and oxygen atoms in total. The summed E-state index contributed by atoms with van der Waals surface area (Å²) in [4.78, 5) is 12.0. The van der Waals surface area contributed by atoms with Gasteiger partial charge in [0.2, 0.25) is 10.0 Å². The lowest BCUT2D eigenvalue weighted by atomic mass is 10.1. The van der Waals surface area contributed by atoms with Gasteiger partial charge >= 0.3 is 0 Å². The van der Waals surface area contributed by atoms with Crippen LogP contribution in [0.1, 0.15) is 15.9 Å². The van der Waals surface area contributed by atoms with Gasteiger partial charge < -0.3 is 5.32 Å². The fraction of sp³-hybridized carbons (Fsp3) is 0.0714. The molecule has 2 rings (SSSR count). The van der Waals surface area contributed by atoms with Crippen LogP contribution >= 0.6 is 0 Å². The fourth-order valence-corrected chi connectivity index (χ4v) is 2.28. The van der Waals surface area contributed by atoms with Crippen LogP contribution in [0.2, 0.25) is 0 Å². The zero-order valence-electron chi connectivity index (χ0n) is 10.8. The average Bonchev–Trinajstić information content (AvgIpc) is 2.40. The molecule has 1 amide bonds. The number of rotatable bonds is 3. The van der Waals surface area contributed by atoms with E-state index in [2.05, 4.69) is 5.32 Å². The molecule has 104 valence electrons. The Kier molecular flexibility index (Phi) is 3.87. The van der Waals surface area contributed by atoms with Gasteiger partial charge in [0.15, 0.2) is 0 Å². The first-order valence-electron chi connectivity index (χ1n) is 5.88. The number of nitrogens with one attached hydrogen (secondary N) is 1. The van der Waals surface area contributed by atoms with E-state index >= 15 is 0 Å². The van der Waals surface area contributed by atoms with Crippen molar-refractivity contribution in [2.75, 3.05) is 5.32 Å². The van der Waals surface area contributed by atoms with Crippen LogP contribution in [-0.2, 0) is 10.0 Å². The number of benzene rings is 2. The lowest BCUT2D eigenvalue weighted by Gasteiger charge is -2.08. The highest BCUT2D eigenvalue weighted by Crippen LogP contribution is 2.16. The third-order valence-corrected chi connectivity index (χ3v) is 3.73. The standard InChI is InChI=1S/C14H14N2O3S/c1-10-5-2-3-8-13(10)16-14(17)11-6-4-7-12(9-11)20(15,18)19/h2-9H,1H3,(H,16,17)(H2,15,18,19). The number of aryl methyl sites for hydroxylation is 1. The predicted octanol–water partition coefficient (Wildman–Crippen LogP) is 1.89. The van der Waals surface area contributed by atoms with E-state index in [9.17, 15) is 13.2 Å². The van der Waals surface area contributed by atoms with Crippen molar-refractivity contribution in [3.8, 4) is 0 Å². The molecular weight excluding hydrogens is 276 g/mol. The summed E-state index contributed by atoms with van der Waals surface area (Å²) in [6.45, 7) is 1.87. The molecule has 0 unspecified atom stereocenters. The summed E-state index contributed by atoms with van der Waals surface area (Å²) >= 11 is 0. The van der Waals surface area contributed by atoms with Gasteiger partial charge in [-0.05, 0) is 36.8 Å². The van der Waals surface area contributed by atoms with Crippen LogP contribution in [0.25, 0.3) is 0 Å². The molecule has 0 aliphatic heterocycles. The van der Waals surface area contributed by atoms with Crippen molar-refractivity contribution in [1.29, 1.82) is 0 Å². The van der Waals surface area contributed by atoms with Crippen LogP contribution in [0.5, 0.6) is 0 Å².